The Morgan fingerprint density at radius 2 is 2.04 bits per heavy atom. The third-order valence-electron chi connectivity index (χ3n) is 3.05. The van der Waals surface area contributed by atoms with E-state index >= 15 is 0 Å². The number of amides is 2. The van der Waals surface area contributed by atoms with E-state index in [9.17, 15) is 9.18 Å². The summed E-state index contributed by atoms with van der Waals surface area (Å²) in [6, 6.07) is 9.42. The summed E-state index contributed by atoms with van der Waals surface area (Å²) >= 11 is 5.01. The number of rotatable bonds is 6. The molecule has 1 unspecified atom stereocenters. The third-order valence-corrected chi connectivity index (χ3v) is 4.66. The Hall–Kier alpha value is -1.60. The summed E-state index contributed by atoms with van der Waals surface area (Å²) in [5.41, 5.74) is 0. The lowest BCUT2D eigenvalue weighted by Gasteiger charge is -2.21. The Labute approximate surface area is 147 Å². The van der Waals surface area contributed by atoms with E-state index in [0.717, 1.165) is 8.66 Å². The number of benzene rings is 1. The molecule has 0 aliphatic heterocycles. The molecule has 4 nitrogen and oxygen atoms in total. The summed E-state index contributed by atoms with van der Waals surface area (Å²) in [7, 11) is 1.75. The molecule has 0 saturated carbocycles. The largest absolute Gasteiger partial charge is 0.491 e. The fraction of sp³-hybridized carbons (Fsp3) is 0.312. The molecule has 0 aliphatic rings. The maximum absolute atomic E-state index is 12.8. The molecule has 23 heavy (non-hydrogen) atoms. The summed E-state index contributed by atoms with van der Waals surface area (Å²) in [6.07, 6.45) is 0. The van der Waals surface area contributed by atoms with E-state index in [1.54, 1.807) is 35.4 Å². The van der Waals surface area contributed by atoms with Gasteiger partial charge in [-0.05, 0) is 59.3 Å². The first-order chi connectivity index (χ1) is 10.9. The van der Waals surface area contributed by atoms with E-state index < -0.39 is 0 Å². The van der Waals surface area contributed by atoms with E-state index in [-0.39, 0.29) is 17.9 Å². The van der Waals surface area contributed by atoms with Crippen LogP contribution >= 0.6 is 27.3 Å². The normalized spacial score (nSPS) is 11.8. The van der Waals surface area contributed by atoms with E-state index in [2.05, 4.69) is 21.2 Å². The molecule has 0 aliphatic carbocycles. The highest BCUT2D eigenvalue weighted by Crippen LogP contribution is 2.22. The molecule has 1 aromatic carbocycles. The lowest BCUT2D eigenvalue weighted by atomic mass is 10.3. The van der Waals surface area contributed by atoms with Crippen molar-refractivity contribution in [3.8, 4) is 5.75 Å². The fourth-order valence-electron chi connectivity index (χ4n) is 1.86. The molecule has 124 valence electrons. The topological polar surface area (TPSA) is 41.6 Å². The average Bonchev–Trinajstić information content (AvgIpc) is 2.91. The van der Waals surface area contributed by atoms with Gasteiger partial charge in [0.2, 0.25) is 0 Å². The zero-order valence-electron chi connectivity index (χ0n) is 12.9. The van der Waals surface area contributed by atoms with Crippen molar-refractivity contribution in [2.24, 2.45) is 0 Å². The Balaban J connectivity index is 1.76. The second-order valence-corrected chi connectivity index (χ2v) is 7.72. The number of nitrogens with zero attached hydrogens (tertiary/aromatic N) is 1. The van der Waals surface area contributed by atoms with Crippen LogP contribution in [0.4, 0.5) is 9.18 Å². The van der Waals surface area contributed by atoms with Crippen LogP contribution in [0.3, 0.4) is 0 Å². The second-order valence-electron chi connectivity index (χ2n) is 5.18. The monoisotopic (exact) mass is 400 g/mol. The average molecular weight is 401 g/mol. The molecule has 0 spiro atoms. The summed E-state index contributed by atoms with van der Waals surface area (Å²) in [4.78, 5) is 14.8. The predicted octanol–water partition coefficient (Wildman–Crippen LogP) is 4.26. The summed E-state index contributed by atoms with van der Waals surface area (Å²) < 4.78 is 19.4. The van der Waals surface area contributed by atoms with Crippen molar-refractivity contribution in [1.29, 1.82) is 0 Å². The molecule has 1 atom stereocenters. The smallest absolute Gasteiger partial charge is 0.317 e. The molecule has 0 radical (unpaired) electrons. The minimum atomic E-state index is -0.305. The Bertz CT molecular complexity index is 648. The van der Waals surface area contributed by atoms with Crippen molar-refractivity contribution in [2.75, 3.05) is 13.7 Å². The standard InChI is InChI=1S/C16H18BrFN2O2S/c1-11(10-22-13-5-3-12(18)4-6-13)19-16(21)20(2)9-14-7-8-15(17)23-14/h3-8,11H,9-10H2,1-2H3,(H,19,21). The van der Waals surface area contributed by atoms with Crippen molar-refractivity contribution in [2.45, 2.75) is 19.5 Å². The van der Waals surface area contributed by atoms with Crippen LogP contribution in [-0.4, -0.2) is 30.6 Å². The molecule has 1 N–H and O–H groups in total. The number of carbonyl (C=O) groups excluding carboxylic acids is 1. The van der Waals surface area contributed by atoms with E-state index in [1.807, 2.05) is 19.1 Å². The molecule has 2 rings (SSSR count). The molecular weight excluding hydrogens is 383 g/mol. The lowest BCUT2D eigenvalue weighted by molar-refractivity contribution is 0.195. The van der Waals surface area contributed by atoms with Crippen molar-refractivity contribution in [1.82, 2.24) is 10.2 Å². The van der Waals surface area contributed by atoms with Crippen LogP contribution in [0.2, 0.25) is 0 Å². The number of thiophene rings is 1. The molecule has 1 heterocycles. The van der Waals surface area contributed by atoms with Crippen LogP contribution in [0.1, 0.15) is 11.8 Å². The SMILES string of the molecule is CC(COc1ccc(F)cc1)NC(=O)N(C)Cc1ccc(Br)s1. The summed E-state index contributed by atoms with van der Waals surface area (Å²) in [5, 5.41) is 2.87. The first-order valence-corrected chi connectivity index (χ1v) is 8.69. The van der Waals surface area contributed by atoms with Gasteiger partial charge in [-0.3, -0.25) is 0 Å². The highest BCUT2D eigenvalue weighted by atomic mass is 79.9. The van der Waals surface area contributed by atoms with Gasteiger partial charge in [-0.1, -0.05) is 0 Å². The van der Waals surface area contributed by atoms with Gasteiger partial charge in [0.1, 0.15) is 18.2 Å². The van der Waals surface area contributed by atoms with Crippen LogP contribution in [0, 0.1) is 5.82 Å². The fourth-order valence-corrected chi connectivity index (χ4v) is 3.39. The molecule has 2 aromatic rings. The number of nitrogens with one attached hydrogen (secondary N) is 1. The first kappa shape index (κ1) is 17.7. The van der Waals surface area contributed by atoms with Crippen LogP contribution in [0.25, 0.3) is 0 Å². The number of hydrogen-bond acceptors (Lipinski definition) is 3. The zero-order valence-corrected chi connectivity index (χ0v) is 15.3. The number of ether oxygens (including phenoxy) is 1. The van der Waals surface area contributed by atoms with Crippen molar-refractivity contribution in [3.05, 3.63) is 50.9 Å². The highest BCUT2D eigenvalue weighted by Gasteiger charge is 2.13. The Morgan fingerprint density at radius 1 is 1.35 bits per heavy atom. The third kappa shape index (κ3) is 5.84. The molecule has 2 amide bonds. The van der Waals surface area contributed by atoms with Crippen LogP contribution in [-0.2, 0) is 6.54 Å². The second kappa shape index (κ2) is 8.31. The molecular formula is C16H18BrFN2O2S. The van der Waals surface area contributed by atoms with Gasteiger partial charge in [0.15, 0.2) is 0 Å². The summed E-state index contributed by atoms with van der Waals surface area (Å²) in [6.45, 7) is 2.72. The van der Waals surface area contributed by atoms with Gasteiger partial charge >= 0.3 is 6.03 Å². The molecule has 0 bridgehead atoms. The summed E-state index contributed by atoms with van der Waals surface area (Å²) in [5.74, 6) is 0.268. The van der Waals surface area contributed by atoms with E-state index in [1.165, 1.54) is 12.1 Å². The van der Waals surface area contributed by atoms with Crippen LogP contribution < -0.4 is 10.1 Å². The molecule has 7 heteroatoms. The number of urea groups is 1. The van der Waals surface area contributed by atoms with Gasteiger partial charge in [0.25, 0.3) is 0 Å². The Kier molecular flexibility index (Phi) is 6.41. The lowest BCUT2D eigenvalue weighted by Crippen LogP contribution is -2.43. The quantitative estimate of drug-likeness (QED) is 0.786. The van der Waals surface area contributed by atoms with Gasteiger partial charge in [-0.2, -0.15) is 0 Å². The van der Waals surface area contributed by atoms with E-state index in [4.69, 9.17) is 4.74 Å². The Morgan fingerprint density at radius 3 is 2.65 bits per heavy atom. The van der Waals surface area contributed by atoms with Crippen LogP contribution in [0.15, 0.2) is 40.2 Å². The maximum Gasteiger partial charge on any atom is 0.317 e. The number of hydrogen-bond donors (Lipinski definition) is 1. The van der Waals surface area contributed by atoms with Gasteiger partial charge in [-0.25, -0.2) is 9.18 Å². The van der Waals surface area contributed by atoms with Gasteiger partial charge < -0.3 is 15.0 Å². The minimum Gasteiger partial charge on any atom is -0.491 e. The van der Waals surface area contributed by atoms with Crippen molar-refractivity contribution < 1.29 is 13.9 Å². The zero-order chi connectivity index (χ0) is 16.8. The van der Waals surface area contributed by atoms with Gasteiger partial charge in [0.05, 0.1) is 16.4 Å². The maximum atomic E-state index is 12.8. The van der Waals surface area contributed by atoms with Crippen molar-refractivity contribution >= 4 is 33.3 Å². The molecule has 0 fully saturated rings. The predicted molar refractivity (Wildman–Crippen MR) is 93.4 cm³/mol. The highest BCUT2D eigenvalue weighted by molar-refractivity contribution is 9.11. The number of halogens is 2. The first-order valence-electron chi connectivity index (χ1n) is 7.08. The van der Waals surface area contributed by atoms with Crippen molar-refractivity contribution in [3.63, 3.8) is 0 Å². The van der Waals surface area contributed by atoms with Gasteiger partial charge in [-0.15, -0.1) is 11.3 Å². The molecule has 0 saturated heterocycles. The number of carbonyl (C=O) groups is 1. The minimum absolute atomic E-state index is 0.162. The van der Waals surface area contributed by atoms with Gasteiger partial charge in [0, 0.05) is 11.9 Å². The molecule has 1 aromatic heterocycles. The van der Waals surface area contributed by atoms with Crippen LogP contribution in [0.5, 0.6) is 5.75 Å². The van der Waals surface area contributed by atoms with E-state index in [0.29, 0.717) is 18.9 Å².